The van der Waals surface area contributed by atoms with Crippen molar-refractivity contribution in [3.8, 4) is 11.3 Å². The molecule has 1 aromatic heterocycles. The molecule has 0 aliphatic carbocycles. The van der Waals surface area contributed by atoms with Crippen LogP contribution in [-0.2, 0) is 19.1 Å². The fourth-order valence-corrected chi connectivity index (χ4v) is 3.74. The molecule has 31 heavy (non-hydrogen) atoms. The molecule has 10 heteroatoms. The van der Waals surface area contributed by atoms with Gasteiger partial charge in [-0.3, -0.25) is 19.3 Å². The maximum Gasteiger partial charge on any atom is 0.339 e. The number of thioether (sulfide) groups is 1. The molecular formula is C21H18ClNO7S. The number of ether oxygens (including phenoxy) is 2. The molecule has 0 N–H and O–H groups in total. The summed E-state index contributed by atoms with van der Waals surface area (Å²) in [6, 6.07) is 8.02. The SMILES string of the molecule is COC(=O)c1cc(-c2ccc(/C=C3/SC(=O)N(CC(=O)OC(C)C)C3=O)o2)ccc1Cl. The maximum absolute atomic E-state index is 12.5. The fourth-order valence-electron chi connectivity index (χ4n) is 2.73. The molecule has 2 aromatic rings. The molecular weight excluding hydrogens is 446 g/mol. The number of rotatable bonds is 6. The number of methoxy groups -OCH3 is 1. The van der Waals surface area contributed by atoms with Crippen LogP contribution in [0.5, 0.6) is 0 Å². The molecule has 1 aliphatic rings. The molecule has 0 spiro atoms. The fraction of sp³-hybridized carbons (Fsp3) is 0.238. The molecule has 0 atom stereocenters. The number of esters is 2. The Labute approximate surface area is 187 Å². The van der Waals surface area contributed by atoms with Crippen LogP contribution >= 0.6 is 23.4 Å². The van der Waals surface area contributed by atoms with Gasteiger partial charge in [-0.25, -0.2) is 4.79 Å². The summed E-state index contributed by atoms with van der Waals surface area (Å²) in [6.45, 7) is 2.90. The van der Waals surface area contributed by atoms with E-state index < -0.39 is 29.6 Å². The van der Waals surface area contributed by atoms with Crippen molar-refractivity contribution in [2.45, 2.75) is 20.0 Å². The van der Waals surface area contributed by atoms with Crippen molar-refractivity contribution < 1.29 is 33.1 Å². The molecule has 162 valence electrons. The lowest BCUT2D eigenvalue weighted by Gasteiger charge is -2.13. The average Bonchev–Trinajstić information content (AvgIpc) is 3.27. The second-order valence-electron chi connectivity index (χ2n) is 6.69. The first-order valence-electron chi connectivity index (χ1n) is 9.12. The summed E-state index contributed by atoms with van der Waals surface area (Å²) in [5.41, 5.74) is 0.767. The number of hydrogen-bond donors (Lipinski definition) is 0. The number of halogens is 1. The van der Waals surface area contributed by atoms with Gasteiger partial charge in [-0.2, -0.15) is 0 Å². The largest absolute Gasteiger partial charge is 0.465 e. The quantitative estimate of drug-likeness (QED) is 0.459. The lowest BCUT2D eigenvalue weighted by Crippen LogP contribution is -2.35. The highest BCUT2D eigenvalue weighted by Crippen LogP contribution is 2.34. The summed E-state index contributed by atoms with van der Waals surface area (Å²) >= 11 is 6.74. The lowest BCUT2D eigenvalue weighted by molar-refractivity contribution is -0.149. The molecule has 8 nitrogen and oxygen atoms in total. The second kappa shape index (κ2) is 9.40. The van der Waals surface area contributed by atoms with E-state index in [1.54, 1.807) is 38.1 Å². The summed E-state index contributed by atoms with van der Waals surface area (Å²) in [5, 5.41) is -0.323. The van der Waals surface area contributed by atoms with Crippen LogP contribution in [0.1, 0.15) is 30.0 Å². The summed E-state index contributed by atoms with van der Waals surface area (Å²) < 4.78 is 15.4. The first-order chi connectivity index (χ1) is 14.7. The summed E-state index contributed by atoms with van der Waals surface area (Å²) in [7, 11) is 1.26. The van der Waals surface area contributed by atoms with Gasteiger partial charge in [0.25, 0.3) is 11.1 Å². The van der Waals surface area contributed by atoms with Crippen molar-refractivity contribution in [1.82, 2.24) is 4.90 Å². The second-order valence-corrected chi connectivity index (χ2v) is 8.10. The van der Waals surface area contributed by atoms with E-state index in [1.165, 1.54) is 19.3 Å². The molecule has 3 rings (SSSR count). The minimum atomic E-state index is -0.664. The Bertz CT molecular complexity index is 1090. The Morgan fingerprint density at radius 1 is 1.23 bits per heavy atom. The zero-order valence-electron chi connectivity index (χ0n) is 16.8. The van der Waals surface area contributed by atoms with Crippen LogP contribution in [-0.4, -0.2) is 47.7 Å². The third-order valence-electron chi connectivity index (χ3n) is 4.08. The number of hydrogen-bond acceptors (Lipinski definition) is 8. The van der Waals surface area contributed by atoms with Gasteiger partial charge in [-0.1, -0.05) is 11.6 Å². The first kappa shape index (κ1) is 22.6. The van der Waals surface area contributed by atoms with Crippen LogP contribution < -0.4 is 0 Å². The van der Waals surface area contributed by atoms with Crippen molar-refractivity contribution in [2.75, 3.05) is 13.7 Å². The standard InChI is InChI=1S/C21H18ClNO7S/c1-11(2)29-18(24)10-23-19(25)17(31-21(23)27)9-13-5-7-16(30-13)12-4-6-15(22)14(8-12)20(26)28-3/h4-9,11H,10H2,1-3H3/b17-9+. The molecule has 0 unspecified atom stereocenters. The van der Waals surface area contributed by atoms with E-state index in [0.717, 1.165) is 4.90 Å². The number of nitrogens with zero attached hydrogens (tertiary/aromatic N) is 1. The average molecular weight is 464 g/mol. The lowest BCUT2D eigenvalue weighted by atomic mass is 10.1. The smallest absolute Gasteiger partial charge is 0.339 e. The normalized spacial score (nSPS) is 15.1. The van der Waals surface area contributed by atoms with Gasteiger partial charge in [0.2, 0.25) is 0 Å². The summed E-state index contributed by atoms with van der Waals surface area (Å²) in [6.07, 6.45) is 1.07. The van der Waals surface area contributed by atoms with Crippen LogP contribution in [0.2, 0.25) is 5.02 Å². The predicted molar refractivity (Wildman–Crippen MR) is 114 cm³/mol. The summed E-state index contributed by atoms with van der Waals surface area (Å²) in [5.74, 6) is -1.10. The van der Waals surface area contributed by atoms with Crippen molar-refractivity contribution in [1.29, 1.82) is 0 Å². The van der Waals surface area contributed by atoms with Gasteiger partial charge in [0.05, 0.1) is 28.7 Å². The van der Waals surface area contributed by atoms with Crippen LogP contribution in [0.15, 0.2) is 39.7 Å². The van der Waals surface area contributed by atoms with Gasteiger partial charge in [0.1, 0.15) is 18.1 Å². The Balaban J connectivity index is 1.79. The van der Waals surface area contributed by atoms with Crippen molar-refractivity contribution in [3.05, 3.63) is 51.6 Å². The zero-order valence-corrected chi connectivity index (χ0v) is 18.4. The van der Waals surface area contributed by atoms with E-state index in [9.17, 15) is 19.2 Å². The third kappa shape index (κ3) is 5.18. The van der Waals surface area contributed by atoms with E-state index in [-0.39, 0.29) is 21.6 Å². The number of carbonyl (C=O) groups excluding carboxylic acids is 4. The van der Waals surface area contributed by atoms with Crippen molar-refractivity contribution >= 4 is 52.5 Å². The van der Waals surface area contributed by atoms with Gasteiger partial charge >= 0.3 is 11.9 Å². The Hall–Kier alpha value is -3.04. The minimum Gasteiger partial charge on any atom is -0.465 e. The van der Waals surface area contributed by atoms with Crippen LogP contribution in [0.4, 0.5) is 4.79 Å². The number of imide groups is 1. The highest BCUT2D eigenvalue weighted by molar-refractivity contribution is 8.18. The van der Waals surface area contributed by atoms with Crippen molar-refractivity contribution in [3.63, 3.8) is 0 Å². The maximum atomic E-state index is 12.5. The number of carbonyl (C=O) groups is 4. The van der Waals surface area contributed by atoms with Gasteiger partial charge < -0.3 is 13.9 Å². The van der Waals surface area contributed by atoms with E-state index >= 15 is 0 Å². The third-order valence-corrected chi connectivity index (χ3v) is 5.32. The van der Waals surface area contributed by atoms with Crippen LogP contribution in [0.25, 0.3) is 17.4 Å². The zero-order chi connectivity index (χ0) is 22.7. The number of benzene rings is 1. The highest BCUT2D eigenvalue weighted by atomic mass is 35.5. The van der Waals surface area contributed by atoms with Gasteiger partial charge in [-0.15, -0.1) is 0 Å². The Morgan fingerprint density at radius 2 is 1.97 bits per heavy atom. The van der Waals surface area contributed by atoms with E-state index in [4.69, 9.17) is 25.5 Å². The van der Waals surface area contributed by atoms with Crippen LogP contribution in [0, 0.1) is 0 Å². The monoisotopic (exact) mass is 463 g/mol. The molecule has 2 heterocycles. The molecule has 1 fully saturated rings. The predicted octanol–water partition coefficient (Wildman–Crippen LogP) is 4.37. The van der Waals surface area contributed by atoms with Gasteiger partial charge in [-0.05, 0) is 55.9 Å². The molecule has 0 saturated carbocycles. The molecule has 2 amide bonds. The summed E-state index contributed by atoms with van der Waals surface area (Å²) in [4.78, 5) is 49.2. The minimum absolute atomic E-state index is 0.120. The molecule has 0 bridgehead atoms. The number of furan rings is 1. The molecule has 0 radical (unpaired) electrons. The van der Waals surface area contributed by atoms with Gasteiger partial charge in [0, 0.05) is 11.6 Å². The number of amides is 2. The van der Waals surface area contributed by atoms with Crippen LogP contribution in [0.3, 0.4) is 0 Å². The van der Waals surface area contributed by atoms with E-state index in [1.807, 2.05) is 0 Å². The van der Waals surface area contributed by atoms with E-state index in [0.29, 0.717) is 28.8 Å². The molecule has 1 aromatic carbocycles. The highest BCUT2D eigenvalue weighted by Gasteiger charge is 2.37. The molecule has 1 saturated heterocycles. The van der Waals surface area contributed by atoms with Crippen molar-refractivity contribution in [2.24, 2.45) is 0 Å². The van der Waals surface area contributed by atoms with Gasteiger partial charge in [0.15, 0.2) is 0 Å². The Kier molecular flexibility index (Phi) is 6.87. The molecule has 1 aliphatic heterocycles. The van der Waals surface area contributed by atoms with E-state index in [2.05, 4.69) is 0 Å². The Morgan fingerprint density at radius 3 is 2.65 bits per heavy atom. The topological polar surface area (TPSA) is 103 Å². The first-order valence-corrected chi connectivity index (χ1v) is 10.3.